The molecule has 0 aromatic rings. The number of hydrogen-bond acceptors (Lipinski definition) is 3. The summed E-state index contributed by atoms with van der Waals surface area (Å²) in [5, 5.41) is 0.411. The molecule has 0 N–H and O–H groups in total. The molecular formula is C18H24ClF2N3. The smallest absolute Gasteiger partial charge is 0.265 e. The molecule has 0 spiro atoms. The number of piperidine rings is 1. The van der Waals surface area contributed by atoms with Crippen LogP contribution in [-0.2, 0) is 0 Å². The van der Waals surface area contributed by atoms with Gasteiger partial charge < -0.3 is 4.90 Å². The Morgan fingerprint density at radius 2 is 1.92 bits per heavy atom. The molecule has 6 heteroatoms. The fourth-order valence-electron chi connectivity index (χ4n) is 3.39. The predicted octanol–water partition coefficient (Wildman–Crippen LogP) is 4.93. The average molecular weight is 356 g/mol. The van der Waals surface area contributed by atoms with Crippen molar-refractivity contribution in [2.24, 2.45) is 16.8 Å². The van der Waals surface area contributed by atoms with Gasteiger partial charge in [-0.1, -0.05) is 31.5 Å². The Kier molecular flexibility index (Phi) is 5.00. The van der Waals surface area contributed by atoms with E-state index in [1.165, 1.54) is 0 Å². The van der Waals surface area contributed by atoms with E-state index >= 15 is 0 Å². The van der Waals surface area contributed by atoms with Crippen LogP contribution >= 0.6 is 11.6 Å². The minimum Gasteiger partial charge on any atom is -0.352 e. The summed E-state index contributed by atoms with van der Waals surface area (Å²) in [7, 11) is 0. The highest BCUT2D eigenvalue weighted by atomic mass is 35.5. The highest BCUT2D eigenvalue weighted by molar-refractivity contribution is 6.69. The maximum Gasteiger partial charge on any atom is 0.265 e. The second-order valence-corrected chi connectivity index (χ2v) is 7.40. The molecule has 1 fully saturated rings. The van der Waals surface area contributed by atoms with E-state index in [0.717, 1.165) is 24.4 Å². The predicted molar refractivity (Wildman–Crippen MR) is 93.7 cm³/mol. The molecule has 0 bridgehead atoms. The van der Waals surface area contributed by atoms with E-state index in [1.54, 1.807) is 11.1 Å². The van der Waals surface area contributed by atoms with Gasteiger partial charge in [0, 0.05) is 25.4 Å². The number of halogens is 3. The molecule has 0 radical (unpaired) electrons. The first kappa shape index (κ1) is 17.5. The van der Waals surface area contributed by atoms with Crippen LogP contribution in [0.25, 0.3) is 0 Å². The molecule has 24 heavy (non-hydrogen) atoms. The molecule has 0 saturated carbocycles. The zero-order valence-electron chi connectivity index (χ0n) is 14.2. The Morgan fingerprint density at radius 3 is 2.62 bits per heavy atom. The summed E-state index contributed by atoms with van der Waals surface area (Å²) < 4.78 is 27.9. The van der Waals surface area contributed by atoms with E-state index in [2.05, 4.69) is 31.0 Å². The van der Waals surface area contributed by atoms with Crippen molar-refractivity contribution < 1.29 is 8.78 Å². The largest absolute Gasteiger partial charge is 0.352 e. The molecule has 132 valence electrons. The summed E-state index contributed by atoms with van der Waals surface area (Å²) in [5.74, 6) is -0.875. The van der Waals surface area contributed by atoms with Crippen molar-refractivity contribution in [3.8, 4) is 0 Å². The standard InChI is InChI=1S/C18H24ClF2N3/c1-13-4-6-15-17(19)22-9-11-24(15)16(7-5-14(13)2)23-10-3-8-18(20,21)12-23/h6-7,9,11,13-14H,3-5,8,10,12H2,1-2H3/b15-6+,16-7-. The van der Waals surface area contributed by atoms with Crippen molar-refractivity contribution in [1.82, 2.24) is 9.80 Å². The van der Waals surface area contributed by atoms with Crippen LogP contribution in [0.2, 0.25) is 0 Å². The van der Waals surface area contributed by atoms with Gasteiger partial charge in [0.25, 0.3) is 5.92 Å². The van der Waals surface area contributed by atoms with Gasteiger partial charge in [0.2, 0.25) is 0 Å². The summed E-state index contributed by atoms with van der Waals surface area (Å²) in [4.78, 5) is 7.88. The van der Waals surface area contributed by atoms with Gasteiger partial charge in [-0.25, -0.2) is 13.8 Å². The molecule has 2 unspecified atom stereocenters. The van der Waals surface area contributed by atoms with Crippen LogP contribution in [0.5, 0.6) is 0 Å². The van der Waals surface area contributed by atoms with Crippen molar-refractivity contribution in [3.63, 3.8) is 0 Å². The molecule has 0 aromatic carbocycles. The third-order valence-corrected chi connectivity index (χ3v) is 5.46. The molecule has 3 nitrogen and oxygen atoms in total. The summed E-state index contributed by atoms with van der Waals surface area (Å²) in [6.07, 6.45) is 9.82. The lowest BCUT2D eigenvalue weighted by atomic mass is 9.90. The van der Waals surface area contributed by atoms with Gasteiger partial charge in [0.05, 0.1) is 12.2 Å². The molecule has 2 atom stereocenters. The summed E-state index contributed by atoms with van der Waals surface area (Å²) in [6.45, 7) is 4.81. The number of fused-ring (bicyclic) bond motifs is 1. The molecule has 3 aliphatic rings. The Labute approximate surface area is 147 Å². The van der Waals surface area contributed by atoms with Gasteiger partial charge in [-0.3, -0.25) is 4.90 Å². The van der Waals surface area contributed by atoms with Crippen molar-refractivity contribution in [1.29, 1.82) is 0 Å². The van der Waals surface area contributed by atoms with Crippen LogP contribution < -0.4 is 0 Å². The quantitative estimate of drug-likeness (QED) is 0.664. The van der Waals surface area contributed by atoms with Crippen molar-refractivity contribution in [3.05, 3.63) is 36.1 Å². The van der Waals surface area contributed by atoms with Gasteiger partial charge in [0.1, 0.15) is 5.82 Å². The van der Waals surface area contributed by atoms with Crippen molar-refractivity contribution in [2.45, 2.75) is 45.5 Å². The number of rotatable bonds is 1. The lowest BCUT2D eigenvalue weighted by molar-refractivity contribution is -0.0593. The molecule has 0 amide bonds. The van der Waals surface area contributed by atoms with Crippen LogP contribution in [0, 0.1) is 11.8 Å². The molecular weight excluding hydrogens is 332 g/mol. The van der Waals surface area contributed by atoms with E-state index in [-0.39, 0.29) is 13.0 Å². The van der Waals surface area contributed by atoms with Gasteiger partial charge in [-0.15, -0.1) is 0 Å². The zero-order chi connectivity index (χ0) is 17.3. The molecule has 3 heterocycles. The fraction of sp³-hybridized carbons (Fsp3) is 0.611. The van der Waals surface area contributed by atoms with E-state index in [9.17, 15) is 8.78 Å². The highest BCUT2D eigenvalue weighted by Gasteiger charge is 2.37. The first-order chi connectivity index (χ1) is 11.4. The van der Waals surface area contributed by atoms with Gasteiger partial charge >= 0.3 is 0 Å². The lowest BCUT2D eigenvalue weighted by Crippen LogP contribution is -2.45. The first-order valence-corrected chi connectivity index (χ1v) is 8.98. The average Bonchev–Trinajstić information content (AvgIpc) is 2.58. The molecule has 0 aromatic heterocycles. The maximum atomic E-state index is 13.9. The number of aliphatic imine (C=N–C) groups is 1. The Bertz CT molecular complexity index is 609. The van der Waals surface area contributed by atoms with E-state index in [4.69, 9.17) is 11.6 Å². The zero-order valence-corrected chi connectivity index (χ0v) is 14.9. The second kappa shape index (κ2) is 6.87. The summed E-state index contributed by atoms with van der Waals surface area (Å²) in [5.41, 5.74) is 0.792. The molecule has 3 aliphatic heterocycles. The Morgan fingerprint density at radius 1 is 1.21 bits per heavy atom. The SMILES string of the molecule is CC1C/C=C(/N2CCCC(F)(F)C2)N2C=CN=C(Cl)/C2=C\CC1C. The van der Waals surface area contributed by atoms with E-state index in [1.807, 2.05) is 11.1 Å². The third kappa shape index (κ3) is 3.66. The number of likely N-dealkylation sites (tertiary alicyclic amines) is 1. The van der Waals surface area contributed by atoms with Crippen LogP contribution in [0.3, 0.4) is 0 Å². The topological polar surface area (TPSA) is 18.8 Å². The highest BCUT2D eigenvalue weighted by Crippen LogP contribution is 2.34. The van der Waals surface area contributed by atoms with Gasteiger partial charge in [-0.2, -0.15) is 0 Å². The monoisotopic (exact) mass is 355 g/mol. The van der Waals surface area contributed by atoms with Crippen molar-refractivity contribution >= 4 is 16.8 Å². The number of alkyl halides is 2. The maximum absolute atomic E-state index is 13.9. The minimum absolute atomic E-state index is 0.0367. The van der Waals surface area contributed by atoms with Crippen molar-refractivity contribution in [2.75, 3.05) is 13.1 Å². The van der Waals surface area contributed by atoms with Gasteiger partial charge in [0.15, 0.2) is 5.17 Å². The Balaban J connectivity index is 1.97. The minimum atomic E-state index is -2.64. The van der Waals surface area contributed by atoms with Crippen LogP contribution in [0.4, 0.5) is 8.78 Å². The summed E-state index contributed by atoms with van der Waals surface area (Å²) >= 11 is 6.31. The fourth-order valence-corrected chi connectivity index (χ4v) is 3.61. The van der Waals surface area contributed by atoms with E-state index in [0.29, 0.717) is 30.0 Å². The van der Waals surface area contributed by atoms with Gasteiger partial charge in [-0.05, 0) is 37.2 Å². The van der Waals surface area contributed by atoms with Crippen LogP contribution in [0.15, 0.2) is 41.1 Å². The third-order valence-electron chi connectivity index (χ3n) is 5.16. The second-order valence-electron chi connectivity index (χ2n) is 7.05. The number of nitrogens with zero attached hydrogens (tertiary/aromatic N) is 3. The number of allylic oxidation sites excluding steroid dienone is 3. The first-order valence-electron chi connectivity index (χ1n) is 8.60. The molecule has 0 aliphatic carbocycles. The summed E-state index contributed by atoms with van der Waals surface area (Å²) in [6, 6.07) is 0. The number of hydrogen-bond donors (Lipinski definition) is 0. The Hall–Kier alpha value is -1.36. The van der Waals surface area contributed by atoms with Crippen LogP contribution in [0.1, 0.15) is 39.5 Å². The molecule has 1 saturated heterocycles. The van der Waals surface area contributed by atoms with E-state index < -0.39 is 5.92 Å². The normalized spacial score (nSPS) is 34.8. The molecule has 3 rings (SSSR count). The van der Waals surface area contributed by atoms with Crippen LogP contribution in [-0.4, -0.2) is 34.0 Å². The lowest BCUT2D eigenvalue weighted by Gasteiger charge is -2.40.